The van der Waals surface area contributed by atoms with Gasteiger partial charge in [0.05, 0.1) is 0 Å². The zero-order chi connectivity index (χ0) is 25.7. The molecule has 0 saturated carbocycles. The van der Waals surface area contributed by atoms with Crippen molar-refractivity contribution in [3.63, 3.8) is 0 Å². The van der Waals surface area contributed by atoms with Crippen molar-refractivity contribution in [1.29, 1.82) is 0 Å². The van der Waals surface area contributed by atoms with Gasteiger partial charge in [-0.15, -0.1) is 0 Å². The largest absolute Gasteiger partial charge is 2.00 e. The molecule has 6 aromatic heterocycles. The van der Waals surface area contributed by atoms with Crippen molar-refractivity contribution in [2.75, 3.05) is 0 Å². The maximum atomic E-state index is 8.52. The van der Waals surface area contributed by atoms with Crippen molar-refractivity contribution in [2.45, 2.75) is 0 Å². The van der Waals surface area contributed by atoms with Crippen LogP contribution in [-0.4, -0.2) is 74.4 Å². The Morgan fingerprint density at radius 2 is 0.775 bits per heavy atom. The van der Waals surface area contributed by atoms with E-state index in [1.54, 1.807) is 92.6 Å². The van der Waals surface area contributed by atoms with Crippen LogP contribution in [0.2, 0.25) is 0 Å². The standard InChI is InChI=1S/3C3H4N2.3C3H3N2.3Cu.H2O4S.2H2O/c6*1-2-4-5-3-1;;;;1-5(2,3)4;;/h3*1-3H,(H,4,5);3*1-3H;;;;(H2,1,2,3,4);2*1H2/q;;;3*-1;3*+2;;;/p-3. The minimum Gasteiger partial charge on any atom is -0.870 e. The number of aromatic nitrogens is 12. The van der Waals surface area contributed by atoms with Crippen LogP contribution in [0.3, 0.4) is 0 Å². The molecule has 3 radical (unpaired) electrons. The maximum absolute atomic E-state index is 8.52. The number of H-pyrrole nitrogens is 3. The van der Waals surface area contributed by atoms with Gasteiger partial charge in [-0.3, -0.25) is 23.7 Å². The van der Waals surface area contributed by atoms with E-state index in [0.717, 1.165) is 0 Å². The number of nitrogens with zero attached hydrogens (tertiary/aromatic N) is 9. The second-order valence-corrected chi connectivity index (χ2v) is 5.69. The Morgan fingerprint density at radius 3 is 0.825 bits per heavy atom. The third-order valence-corrected chi connectivity index (χ3v) is 2.33. The van der Waals surface area contributed by atoms with E-state index in [4.69, 9.17) is 17.5 Å². The van der Waals surface area contributed by atoms with E-state index in [9.17, 15) is 0 Å². The number of aromatic amines is 3. The molecular formula is C18H24Cu3N12O6S. The minimum absolute atomic E-state index is 0. The summed E-state index contributed by atoms with van der Waals surface area (Å²) >= 11 is 0. The number of hydrogen-bond acceptors (Lipinski definition) is 11. The summed E-state index contributed by atoms with van der Waals surface area (Å²) in [4.78, 5) is 0. The fourth-order valence-electron chi connectivity index (χ4n) is 1.22. The quantitative estimate of drug-likeness (QED) is 0.0961. The molecule has 0 aliphatic rings. The second kappa shape index (κ2) is 40.1. The van der Waals surface area contributed by atoms with Crippen LogP contribution in [0.25, 0.3) is 0 Å². The van der Waals surface area contributed by atoms with Crippen LogP contribution in [-0.2, 0) is 61.6 Å². The summed E-state index contributed by atoms with van der Waals surface area (Å²) in [5.74, 6) is 0. The fraction of sp³-hybridized carbons (Fsp3) is 0. The molecule has 0 unspecified atom stereocenters. The molecule has 0 fully saturated rings. The first kappa shape index (κ1) is 49.5. The zero-order valence-corrected chi connectivity index (χ0v) is 23.5. The Morgan fingerprint density at radius 1 is 0.525 bits per heavy atom. The van der Waals surface area contributed by atoms with Gasteiger partial charge in [0, 0.05) is 66.2 Å². The molecule has 6 N–H and O–H groups in total. The molecule has 0 aliphatic heterocycles. The van der Waals surface area contributed by atoms with E-state index in [0.29, 0.717) is 0 Å². The van der Waals surface area contributed by atoms with Crippen LogP contribution in [0.1, 0.15) is 0 Å². The van der Waals surface area contributed by atoms with Gasteiger partial charge < -0.3 is 50.6 Å². The molecular weight excluding hydrogens is 703 g/mol. The molecule has 40 heavy (non-hydrogen) atoms. The first-order valence-electron chi connectivity index (χ1n) is 9.13. The average molecular weight is 727 g/mol. The van der Waals surface area contributed by atoms with Crippen LogP contribution in [0, 0.1) is 0 Å². The SMILES string of the molecule is O.O=S(=O)([O-])[O-].[Cu+2].[Cu+2].[Cu+2].[OH-].c1cn[n-]c1.c1cn[n-]c1.c1cn[n-]c1.c1cn[nH]c1.c1cn[nH]c1.c1cn[nH]c1. The van der Waals surface area contributed by atoms with Gasteiger partial charge in [0.1, 0.15) is 0 Å². The van der Waals surface area contributed by atoms with Crippen molar-refractivity contribution in [2.24, 2.45) is 0 Å². The molecule has 6 rings (SSSR count). The summed E-state index contributed by atoms with van der Waals surface area (Å²) in [6.07, 6.45) is 20.2. The normalized spacial score (nSPS) is 7.45. The molecule has 0 saturated heterocycles. The van der Waals surface area contributed by atoms with Gasteiger partial charge in [-0.2, -0.15) is 33.9 Å². The monoisotopic (exact) mass is 725 g/mol. The fourth-order valence-corrected chi connectivity index (χ4v) is 1.22. The van der Waals surface area contributed by atoms with Crippen LogP contribution in [0.4, 0.5) is 0 Å². The van der Waals surface area contributed by atoms with Gasteiger partial charge in [0.15, 0.2) is 0 Å². The zero-order valence-electron chi connectivity index (χ0n) is 19.8. The smallest absolute Gasteiger partial charge is 0.870 e. The van der Waals surface area contributed by atoms with Crippen molar-refractivity contribution >= 4 is 10.4 Å². The van der Waals surface area contributed by atoms with E-state index in [-0.39, 0.29) is 62.2 Å². The summed E-state index contributed by atoms with van der Waals surface area (Å²) in [5.41, 5.74) is 0. The first-order valence-corrected chi connectivity index (χ1v) is 10.5. The van der Waals surface area contributed by atoms with Gasteiger partial charge in [0.2, 0.25) is 0 Å². The molecule has 0 bridgehead atoms. The van der Waals surface area contributed by atoms with Crippen molar-refractivity contribution in [1.82, 2.24) is 61.2 Å². The third kappa shape index (κ3) is 55.2. The Hall–Kier alpha value is -3.39. The maximum Gasteiger partial charge on any atom is 2.00 e. The summed E-state index contributed by atoms with van der Waals surface area (Å²) in [6.45, 7) is 0. The summed E-state index contributed by atoms with van der Waals surface area (Å²) in [7, 11) is -5.17. The number of rotatable bonds is 0. The van der Waals surface area contributed by atoms with E-state index in [2.05, 4.69) is 61.2 Å². The van der Waals surface area contributed by atoms with Crippen LogP contribution in [0.5, 0.6) is 0 Å². The van der Waals surface area contributed by atoms with Crippen LogP contribution in [0.15, 0.2) is 111 Å². The molecule has 22 heteroatoms. The first-order chi connectivity index (χ1) is 17.0. The predicted molar refractivity (Wildman–Crippen MR) is 124 cm³/mol. The second-order valence-electron chi connectivity index (χ2n) is 4.87. The molecule has 0 atom stereocenters. The molecule has 18 nitrogen and oxygen atoms in total. The molecule has 6 aromatic rings. The van der Waals surface area contributed by atoms with Gasteiger partial charge in [-0.25, -0.2) is 0 Å². The Balaban J connectivity index is -0.0000000826. The molecule has 0 amide bonds. The summed E-state index contributed by atoms with van der Waals surface area (Å²) < 4.78 is 34.1. The van der Waals surface area contributed by atoms with Crippen molar-refractivity contribution < 1.29 is 79.7 Å². The van der Waals surface area contributed by atoms with E-state index >= 15 is 0 Å². The van der Waals surface area contributed by atoms with Crippen molar-refractivity contribution in [3.05, 3.63) is 111 Å². The molecule has 0 aromatic carbocycles. The Labute approximate surface area is 261 Å². The molecule has 6 heterocycles. The van der Waals surface area contributed by atoms with E-state index in [1.807, 2.05) is 18.2 Å². The van der Waals surface area contributed by atoms with Gasteiger partial charge in [0.25, 0.3) is 0 Å². The van der Waals surface area contributed by atoms with Crippen LogP contribution >= 0.6 is 0 Å². The summed E-state index contributed by atoms with van der Waals surface area (Å²) in [6, 6.07) is 10.8. The number of nitrogens with one attached hydrogen (secondary N) is 3. The summed E-state index contributed by atoms with van der Waals surface area (Å²) in [5, 5.41) is 39.5. The Kier molecular flexibility index (Phi) is 49.7. The van der Waals surface area contributed by atoms with Gasteiger partial charge >= 0.3 is 51.2 Å². The topological polar surface area (TPSA) is 309 Å². The molecule has 0 spiro atoms. The third-order valence-electron chi connectivity index (χ3n) is 2.33. The minimum atomic E-state index is -5.17. The Bertz CT molecular complexity index is 819. The predicted octanol–water partition coefficient (Wildman–Crippen LogP) is -1.00. The van der Waals surface area contributed by atoms with E-state index < -0.39 is 10.4 Å². The van der Waals surface area contributed by atoms with E-state index in [1.165, 1.54) is 0 Å². The number of hydrogen-bond donors (Lipinski definition) is 3. The average Bonchev–Trinajstić information content (AvgIpc) is 3.75. The molecule has 0 aliphatic carbocycles. The van der Waals surface area contributed by atoms with Gasteiger partial charge in [-0.05, 0) is 18.2 Å². The van der Waals surface area contributed by atoms with Crippen molar-refractivity contribution in [3.8, 4) is 0 Å². The van der Waals surface area contributed by atoms with Gasteiger partial charge in [-0.1, -0.05) is 18.2 Å². The van der Waals surface area contributed by atoms with Crippen LogP contribution < -0.4 is 15.3 Å². The molecule has 231 valence electrons.